The molecular formula is C18H23ClN3O3S+. The van der Waals surface area contributed by atoms with Crippen LogP contribution in [0.15, 0.2) is 53.4 Å². The van der Waals surface area contributed by atoms with E-state index in [-0.39, 0.29) is 16.8 Å². The van der Waals surface area contributed by atoms with Gasteiger partial charge >= 0.3 is 0 Å². The van der Waals surface area contributed by atoms with Crippen molar-refractivity contribution in [2.75, 3.05) is 13.1 Å². The highest BCUT2D eigenvalue weighted by Gasteiger charge is 2.14. The maximum absolute atomic E-state index is 12.0. The van der Waals surface area contributed by atoms with Crippen molar-refractivity contribution >= 4 is 27.5 Å². The average molecular weight is 397 g/mol. The first kappa shape index (κ1) is 20.4. The van der Waals surface area contributed by atoms with Gasteiger partial charge in [-0.2, -0.15) is 0 Å². The Bertz CT molecular complexity index is 854. The lowest BCUT2D eigenvalue weighted by atomic mass is 10.1. The summed E-state index contributed by atoms with van der Waals surface area (Å²) >= 11 is 6.16. The topological polar surface area (TPSA) is 106 Å². The highest BCUT2D eigenvalue weighted by atomic mass is 35.5. The lowest BCUT2D eigenvalue weighted by molar-refractivity contribution is -0.682. The SMILES string of the molecule is C[C@H]([NH2+]CC(=O)NCCc1ccc(S(N)(=O)=O)cc1)c1ccccc1Cl. The molecule has 8 heteroatoms. The second-order valence-corrected chi connectivity index (χ2v) is 8.01. The number of carbonyl (C=O) groups excluding carboxylic acids is 1. The summed E-state index contributed by atoms with van der Waals surface area (Å²) in [6.45, 7) is 2.78. The summed E-state index contributed by atoms with van der Waals surface area (Å²) in [5.74, 6) is -0.0648. The maximum Gasteiger partial charge on any atom is 0.275 e. The molecule has 2 rings (SSSR count). The van der Waals surface area contributed by atoms with E-state index in [0.717, 1.165) is 11.1 Å². The molecule has 0 fully saturated rings. The number of halogens is 1. The summed E-state index contributed by atoms with van der Waals surface area (Å²) in [6, 6.07) is 14.0. The largest absolute Gasteiger partial charge is 0.351 e. The van der Waals surface area contributed by atoms with Gasteiger partial charge in [-0.3, -0.25) is 4.79 Å². The van der Waals surface area contributed by atoms with Crippen LogP contribution in [0.1, 0.15) is 24.1 Å². The number of quaternary nitrogens is 1. The molecule has 0 heterocycles. The summed E-state index contributed by atoms with van der Waals surface area (Å²) < 4.78 is 22.4. The minimum absolute atomic E-state index is 0.0648. The van der Waals surface area contributed by atoms with E-state index in [9.17, 15) is 13.2 Å². The molecule has 0 aromatic heterocycles. The van der Waals surface area contributed by atoms with E-state index in [1.165, 1.54) is 12.1 Å². The minimum Gasteiger partial charge on any atom is -0.351 e. The third-order valence-corrected chi connectivity index (χ3v) is 5.31. The van der Waals surface area contributed by atoms with Gasteiger partial charge in [0.25, 0.3) is 5.91 Å². The van der Waals surface area contributed by atoms with E-state index >= 15 is 0 Å². The molecule has 0 saturated carbocycles. The Balaban J connectivity index is 1.74. The lowest BCUT2D eigenvalue weighted by Crippen LogP contribution is -2.87. The third kappa shape index (κ3) is 6.10. The predicted octanol–water partition coefficient (Wildman–Crippen LogP) is 0.971. The highest BCUT2D eigenvalue weighted by molar-refractivity contribution is 7.89. The van der Waals surface area contributed by atoms with Crippen molar-refractivity contribution in [3.8, 4) is 0 Å². The van der Waals surface area contributed by atoms with E-state index in [1.807, 2.05) is 36.5 Å². The van der Waals surface area contributed by atoms with Gasteiger partial charge in [0.1, 0.15) is 6.04 Å². The molecule has 26 heavy (non-hydrogen) atoms. The number of primary sulfonamides is 1. The molecule has 0 aliphatic carbocycles. The molecule has 0 aliphatic heterocycles. The van der Waals surface area contributed by atoms with E-state index in [0.29, 0.717) is 24.5 Å². The standard InChI is InChI=1S/C18H22ClN3O3S/c1-13(16-4-2-3-5-17(16)19)22-12-18(23)21-11-10-14-6-8-15(9-7-14)26(20,24)25/h2-9,13,22H,10-12H2,1H3,(H,21,23)(H2,20,24,25)/p+1/t13-/m0/s1. The number of nitrogens with two attached hydrogens (primary N) is 2. The first-order valence-electron chi connectivity index (χ1n) is 8.23. The van der Waals surface area contributed by atoms with Gasteiger partial charge in [-0.15, -0.1) is 0 Å². The second kappa shape index (κ2) is 9.14. The molecule has 0 unspecified atom stereocenters. The van der Waals surface area contributed by atoms with Crippen LogP contribution >= 0.6 is 11.6 Å². The average Bonchev–Trinajstić information content (AvgIpc) is 2.60. The third-order valence-electron chi connectivity index (χ3n) is 4.04. The van der Waals surface area contributed by atoms with Gasteiger partial charge in [-0.05, 0) is 37.1 Å². The van der Waals surface area contributed by atoms with Crippen LogP contribution in [0.2, 0.25) is 5.02 Å². The van der Waals surface area contributed by atoms with Crippen LogP contribution in [-0.2, 0) is 21.2 Å². The molecule has 1 amide bonds. The molecule has 1 atom stereocenters. The van der Waals surface area contributed by atoms with Crippen LogP contribution in [-0.4, -0.2) is 27.4 Å². The summed E-state index contributed by atoms with van der Waals surface area (Å²) in [5.41, 5.74) is 1.92. The number of amides is 1. The van der Waals surface area contributed by atoms with Gasteiger partial charge in [0, 0.05) is 17.1 Å². The number of hydrogen-bond acceptors (Lipinski definition) is 3. The van der Waals surface area contributed by atoms with E-state index in [4.69, 9.17) is 16.7 Å². The molecule has 0 bridgehead atoms. The van der Waals surface area contributed by atoms with Gasteiger partial charge < -0.3 is 10.6 Å². The molecule has 2 aromatic carbocycles. The Kier molecular flexibility index (Phi) is 7.16. The predicted molar refractivity (Wildman–Crippen MR) is 101 cm³/mol. The Hall–Kier alpha value is -1.93. The van der Waals surface area contributed by atoms with E-state index in [2.05, 4.69) is 5.32 Å². The molecule has 5 N–H and O–H groups in total. The fourth-order valence-electron chi connectivity index (χ4n) is 2.52. The van der Waals surface area contributed by atoms with Gasteiger partial charge in [0.15, 0.2) is 6.54 Å². The zero-order valence-electron chi connectivity index (χ0n) is 14.5. The Morgan fingerprint density at radius 1 is 1.19 bits per heavy atom. The van der Waals surface area contributed by atoms with Crippen molar-refractivity contribution in [1.82, 2.24) is 5.32 Å². The summed E-state index contributed by atoms with van der Waals surface area (Å²) in [7, 11) is -3.68. The van der Waals surface area contributed by atoms with Gasteiger partial charge in [-0.1, -0.05) is 41.9 Å². The van der Waals surface area contributed by atoms with Crippen LogP contribution in [0.25, 0.3) is 0 Å². The minimum atomic E-state index is -3.68. The number of benzene rings is 2. The Labute approximate surface area is 158 Å². The number of sulfonamides is 1. The highest BCUT2D eigenvalue weighted by Crippen LogP contribution is 2.19. The van der Waals surface area contributed by atoms with Crippen LogP contribution < -0.4 is 15.8 Å². The van der Waals surface area contributed by atoms with Crippen molar-refractivity contribution in [2.45, 2.75) is 24.3 Å². The molecule has 0 saturated heterocycles. The monoisotopic (exact) mass is 396 g/mol. The van der Waals surface area contributed by atoms with Crippen molar-refractivity contribution in [2.24, 2.45) is 5.14 Å². The molecule has 0 radical (unpaired) electrons. The molecule has 2 aromatic rings. The molecule has 140 valence electrons. The molecule has 0 spiro atoms. The normalized spacial score (nSPS) is 12.6. The van der Waals surface area contributed by atoms with Crippen molar-refractivity contribution < 1.29 is 18.5 Å². The number of nitrogens with one attached hydrogen (secondary N) is 1. The second-order valence-electron chi connectivity index (χ2n) is 6.04. The summed E-state index contributed by atoms with van der Waals surface area (Å²) in [5, 5.41) is 10.5. The first-order chi connectivity index (χ1) is 12.3. The Morgan fingerprint density at radius 3 is 2.46 bits per heavy atom. The van der Waals surface area contributed by atoms with Crippen LogP contribution in [0.3, 0.4) is 0 Å². The molecular weight excluding hydrogens is 374 g/mol. The number of hydrogen-bond donors (Lipinski definition) is 3. The maximum atomic E-state index is 12.0. The zero-order chi connectivity index (χ0) is 19.2. The zero-order valence-corrected chi connectivity index (χ0v) is 16.1. The summed E-state index contributed by atoms with van der Waals surface area (Å²) in [6.07, 6.45) is 0.608. The van der Waals surface area contributed by atoms with Crippen molar-refractivity contribution in [3.05, 3.63) is 64.7 Å². The van der Waals surface area contributed by atoms with Gasteiger partial charge in [0.05, 0.1) is 4.90 Å². The van der Waals surface area contributed by atoms with E-state index < -0.39 is 10.0 Å². The first-order valence-corrected chi connectivity index (χ1v) is 10.2. The smallest absolute Gasteiger partial charge is 0.275 e. The van der Waals surface area contributed by atoms with Crippen molar-refractivity contribution in [1.29, 1.82) is 0 Å². The van der Waals surface area contributed by atoms with Crippen LogP contribution in [0.4, 0.5) is 0 Å². The quantitative estimate of drug-likeness (QED) is 0.619. The lowest BCUT2D eigenvalue weighted by Gasteiger charge is -2.12. The van der Waals surface area contributed by atoms with Crippen LogP contribution in [0.5, 0.6) is 0 Å². The van der Waals surface area contributed by atoms with Gasteiger partial charge in [-0.25, -0.2) is 13.6 Å². The molecule has 6 nitrogen and oxygen atoms in total. The van der Waals surface area contributed by atoms with Crippen molar-refractivity contribution in [3.63, 3.8) is 0 Å². The van der Waals surface area contributed by atoms with Gasteiger partial charge in [0.2, 0.25) is 10.0 Å². The fourth-order valence-corrected chi connectivity index (χ4v) is 3.34. The summed E-state index contributed by atoms with van der Waals surface area (Å²) in [4.78, 5) is 12.0. The van der Waals surface area contributed by atoms with Crippen LogP contribution in [0, 0.1) is 0 Å². The fraction of sp³-hybridized carbons (Fsp3) is 0.278. The van der Waals surface area contributed by atoms with E-state index in [1.54, 1.807) is 12.1 Å². The number of carbonyl (C=O) groups is 1. The molecule has 0 aliphatic rings. The number of rotatable bonds is 8. The Morgan fingerprint density at radius 2 is 1.85 bits per heavy atom.